The third kappa shape index (κ3) is 6.05. The highest BCUT2D eigenvalue weighted by Crippen LogP contribution is 2.34. The van der Waals surface area contributed by atoms with Crippen LogP contribution in [0.3, 0.4) is 0 Å². The molecule has 1 aromatic carbocycles. The summed E-state index contributed by atoms with van der Waals surface area (Å²) in [5, 5.41) is 22.7. The number of thioether (sulfide) groups is 1. The van der Waals surface area contributed by atoms with Crippen molar-refractivity contribution in [3.05, 3.63) is 60.4 Å². The summed E-state index contributed by atoms with van der Waals surface area (Å²) in [4.78, 5) is 23.0. The van der Waals surface area contributed by atoms with Crippen LogP contribution in [0.25, 0.3) is 10.9 Å². The van der Waals surface area contributed by atoms with Crippen molar-refractivity contribution in [3.63, 3.8) is 0 Å². The highest BCUT2D eigenvalue weighted by molar-refractivity contribution is 7.99. The SMILES string of the molecule is COc1ccc2nccc([C@@H](O)CC[C@@H]3CCN(CCSc4ccccn4)C[C@@H]3C(=O)O)c2c1. The van der Waals surface area contributed by atoms with Gasteiger partial charge in [0, 0.05) is 36.6 Å². The predicted molar refractivity (Wildman–Crippen MR) is 133 cm³/mol. The number of hydrogen-bond donors (Lipinski definition) is 2. The Bertz CT molecular complexity index is 1100. The Morgan fingerprint density at radius 3 is 2.88 bits per heavy atom. The van der Waals surface area contributed by atoms with E-state index in [-0.39, 0.29) is 5.92 Å². The molecule has 1 fully saturated rings. The third-order valence-electron chi connectivity index (χ3n) is 6.60. The van der Waals surface area contributed by atoms with E-state index in [1.165, 1.54) is 0 Å². The first-order chi connectivity index (χ1) is 16.5. The van der Waals surface area contributed by atoms with Gasteiger partial charge in [-0.05, 0) is 73.7 Å². The number of carboxylic acids is 1. The van der Waals surface area contributed by atoms with E-state index >= 15 is 0 Å². The second-order valence-corrected chi connectivity index (χ2v) is 9.80. The summed E-state index contributed by atoms with van der Waals surface area (Å²) < 4.78 is 5.33. The number of hydrogen-bond acceptors (Lipinski definition) is 7. The molecule has 0 unspecified atom stereocenters. The number of aromatic nitrogens is 2. The predicted octanol–water partition coefficient (Wildman–Crippen LogP) is 4.27. The average molecular weight is 482 g/mol. The monoisotopic (exact) mass is 481 g/mol. The number of methoxy groups -OCH3 is 1. The van der Waals surface area contributed by atoms with Crippen molar-refractivity contribution >= 4 is 28.6 Å². The number of piperidine rings is 1. The molecule has 0 radical (unpaired) electrons. The fourth-order valence-corrected chi connectivity index (χ4v) is 5.57. The van der Waals surface area contributed by atoms with Gasteiger partial charge in [-0.15, -0.1) is 11.8 Å². The maximum atomic E-state index is 12.0. The molecule has 0 amide bonds. The Morgan fingerprint density at radius 1 is 1.24 bits per heavy atom. The quantitative estimate of drug-likeness (QED) is 0.415. The molecule has 3 atom stereocenters. The van der Waals surface area contributed by atoms with Crippen molar-refractivity contribution in [2.45, 2.75) is 30.4 Å². The molecule has 2 N–H and O–H groups in total. The Labute approximate surface area is 204 Å². The fourth-order valence-electron chi connectivity index (χ4n) is 4.70. The van der Waals surface area contributed by atoms with Crippen LogP contribution in [-0.4, -0.2) is 63.5 Å². The molecule has 0 saturated carbocycles. The van der Waals surface area contributed by atoms with Crippen molar-refractivity contribution < 1.29 is 19.7 Å². The molecular formula is C26H31N3O4S. The van der Waals surface area contributed by atoms with Gasteiger partial charge in [0.05, 0.1) is 29.7 Å². The summed E-state index contributed by atoms with van der Waals surface area (Å²) in [5.41, 5.74) is 1.61. The van der Waals surface area contributed by atoms with Gasteiger partial charge in [0.25, 0.3) is 0 Å². The molecule has 1 aliphatic heterocycles. The first-order valence-electron chi connectivity index (χ1n) is 11.6. The molecule has 7 nitrogen and oxygen atoms in total. The van der Waals surface area contributed by atoms with E-state index in [1.54, 1.807) is 31.3 Å². The summed E-state index contributed by atoms with van der Waals surface area (Å²) in [6.45, 7) is 2.27. The molecule has 0 bridgehead atoms. The summed E-state index contributed by atoms with van der Waals surface area (Å²) in [5.74, 6) is 0.476. The lowest BCUT2D eigenvalue weighted by Gasteiger charge is -2.36. The number of carboxylic acid groups (broad SMARTS) is 1. The minimum absolute atomic E-state index is 0.0504. The number of carbonyl (C=O) groups is 1. The van der Waals surface area contributed by atoms with E-state index in [0.29, 0.717) is 25.1 Å². The molecule has 3 heterocycles. The third-order valence-corrected chi connectivity index (χ3v) is 7.53. The molecular weight excluding hydrogens is 450 g/mol. The fraction of sp³-hybridized carbons (Fsp3) is 0.423. The van der Waals surface area contributed by atoms with Crippen LogP contribution in [0.1, 0.15) is 30.9 Å². The van der Waals surface area contributed by atoms with Crippen LogP contribution in [0.4, 0.5) is 0 Å². The van der Waals surface area contributed by atoms with Crippen LogP contribution in [0.15, 0.2) is 59.9 Å². The Balaban J connectivity index is 1.34. The van der Waals surface area contributed by atoms with Crippen LogP contribution in [-0.2, 0) is 4.79 Å². The van der Waals surface area contributed by atoms with Gasteiger partial charge in [0.2, 0.25) is 0 Å². The molecule has 0 aliphatic carbocycles. The van der Waals surface area contributed by atoms with Crippen molar-refractivity contribution in [1.29, 1.82) is 0 Å². The van der Waals surface area contributed by atoms with Crippen molar-refractivity contribution in [2.24, 2.45) is 11.8 Å². The maximum absolute atomic E-state index is 12.0. The van der Waals surface area contributed by atoms with Crippen LogP contribution < -0.4 is 4.74 Å². The molecule has 1 aliphatic rings. The number of pyridine rings is 2. The molecule has 8 heteroatoms. The van der Waals surface area contributed by atoms with Crippen LogP contribution in [0.2, 0.25) is 0 Å². The normalized spacial score (nSPS) is 19.7. The van der Waals surface area contributed by atoms with Gasteiger partial charge < -0.3 is 19.8 Å². The second-order valence-electron chi connectivity index (χ2n) is 8.69. The summed E-state index contributed by atoms with van der Waals surface area (Å²) in [6, 6.07) is 13.3. The van der Waals surface area contributed by atoms with Crippen LogP contribution in [0, 0.1) is 11.8 Å². The number of ether oxygens (including phenoxy) is 1. The summed E-state index contributed by atoms with van der Waals surface area (Å²) in [6.07, 6.45) is 4.81. The first kappa shape index (κ1) is 24.4. The Kier molecular flexibility index (Phi) is 8.37. The first-order valence-corrected chi connectivity index (χ1v) is 12.6. The van der Waals surface area contributed by atoms with E-state index in [2.05, 4.69) is 14.9 Å². The zero-order valence-electron chi connectivity index (χ0n) is 19.3. The number of aliphatic carboxylic acids is 1. The van der Waals surface area contributed by atoms with Crippen LogP contribution >= 0.6 is 11.8 Å². The lowest BCUT2D eigenvalue weighted by atomic mass is 9.81. The summed E-state index contributed by atoms with van der Waals surface area (Å²) in [7, 11) is 1.61. The Morgan fingerprint density at radius 2 is 2.12 bits per heavy atom. The number of likely N-dealkylation sites (tertiary alicyclic amines) is 1. The number of aliphatic hydroxyl groups is 1. The zero-order chi connectivity index (χ0) is 23.9. The van der Waals surface area contributed by atoms with E-state index < -0.39 is 18.0 Å². The number of fused-ring (bicyclic) bond motifs is 1. The van der Waals surface area contributed by atoms with Gasteiger partial charge in [0.15, 0.2) is 0 Å². The minimum Gasteiger partial charge on any atom is -0.497 e. The summed E-state index contributed by atoms with van der Waals surface area (Å²) >= 11 is 1.69. The van der Waals surface area contributed by atoms with Gasteiger partial charge in [-0.2, -0.15) is 0 Å². The van der Waals surface area contributed by atoms with Crippen molar-refractivity contribution in [2.75, 3.05) is 32.5 Å². The van der Waals surface area contributed by atoms with Gasteiger partial charge in [-0.3, -0.25) is 9.78 Å². The lowest BCUT2D eigenvalue weighted by Crippen LogP contribution is -2.44. The lowest BCUT2D eigenvalue weighted by molar-refractivity contribution is -0.146. The smallest absolute Gasteiger partial charge is 0.308 e. The van der Waals surface area contributed by atoms with Crippen molar-refractivity contribution in [1.82, 2.24) is 14.9 Å². The number of aliphatic hydroxyl groups excluding tert-OH is 1. The number of rotatable bonds is 10. The largest absolute Gasteiger partial charge is 0.497 e. The molecule has 34 heavy (non-hydrogen) atoms. The van der Waals surface area contributed by atoms with E-state index in [0.717, 1.165) is 46.8 Å². The van der Waals surface area contributed by atoms with Gasteiger partial charge in [-0.25, -0.2) is 4.98 Å². The minimum atomic E-state index is -0.749. The van der Waals surface area contributed by atoms with Crippen molar-refractivity contribution in [3.8, 4) is 5.75 Å². The van der Waals surface area contributed by atoms with Gasteiger partial charge >= 0.3 is 5.97 Å². The molecule has 3 aromatic rings. The van der Waals surface area contributed by atoms with E-state index in [9.17, 15) is 15.0 Å². The standard InChI is InChI=1S/C26H31N3O4S/c1-33-19-6-7-23-21(16-19)20(9-12-27-23)24(30)8-5-18-10-13-29(17-22(18)26(31)32)14-15-34-25-4-2-3-11-28-25/h2-4,6-7,9,11-12,16,18,22,24,30H,5,8,10,13-15,17H2,1H3,(H,31,32)/t18-,22+,24+/m1/s1. The highest BCUT2D eigenvalue weighted by atomic mass is 32.2. The maximum Gasteiger partial charge on any atom is 0.308 e. The number of nitrogens with zero attached hydrogens (tertiary/aromatic N) is 3. The molecule has 1 saturated heterocycles. The average Bonchev–Trinajstić information content (AvgIpc) is 2.87. The van der Waals surface area contributed by atoms with Gasteiger partial charge in [-0.1, -0.05) is 6.07 Å². The van der Waals surface area contributed by atoms with E-state index in [1.807, 2.05) is 42.5 Å². The van der Waals surface area contributed by atoms with Crippen LogP contribution in [0.5, 0.6) is 5.75 Å². The molecule has 180 valence electrons. The number of benzene rings is 1. The molecule has 0 spiro atoms. The topological polar surface area (TPSA) is 95.8 Å². The van der Waals surface area contributed by atoms with Gasteiger partial charge in [0.1, 0.15) is 5.75 Å². The highest BCUT2D eigenvalue weighted by Gasteiger charge is 2.34. The second kappa shape index (κ2) is 11.6. The molecule has 2 aromatic heterocycles. The zero-order valence-corrected chi connectivity index (χ0v) is 20.2. The van der Waals surface area contributed by atoms with E-state index in [4.69, 9.17) is 4.74 Å². The molecule has 4 rings (SSSR count). The Hall–Kier alpha value is -2.68.